The summed E-state index contributed by atoms with van der Waals surface area (Å²) in [4.78, 5) is 0. The first-order valence-electron chi connectivity index (χ1n) is 3.86. The Balaban J connectivity index is 3.26. The Hall–Kier alpha value is -0.220. The number of ether oxygens (including phenoxy) is 1. The molecule has 0 saturated heterocycles. The van der Waals surface area contributed by atoms with E-state index in [1.54, 1.807) is 11.8 Å². The van der Waals surface area contributed by atoms with Crippen molar-refractivity contribution in [1.29, 1.82) is 0 Å². The molecule has 0 bridgehead atoms. The van der Waals surface area contributed by atoms with Crippen molar-refractivity contribution in [3.8, 4) is 5.75 Å². The van der Waals surface area contributed by atoms with Crippen LogP contribution in [0.4, 0.5) is 0 Å². The minimum atomic E-state index is -0.142. The minimum absolute atomic E-state index is 0.142. The average molecular weight is 268 g/mol. The summed E-state index contributed by atoms with van der Waals surface area (Å²) in [6.07, 6.45) is 0. The maximum atomic E-state index is 6.06. The van der Waals surface area contributed by atoms with E-state index >= 15 is 0 Å². The summed E-state index contributed by atoms with van der Waals surface area (Å²) in [7, 11) is 1.57. The van der Waals surface area contributed by atoms with Crippen molar-refractivity contribution in [3.05, 3.63) is 9.76 Å². The minimum Gasteiger partial charge on any atom is -0.491 e. The number of rotatable bonds is 1. The molecule has 1 aromatic rings. The molecule has 0 aliphatic rings. The van der Waals surface area contributed by atoms with Gasteiger partial charge in [-0.2, -0.15) is 5.10 Å². The maximum Gasteiger partial charge on any atom is 0.190 e. The highest BCUT2D eigenvalue weighted by Crippen LogP contribution is 2.35. The van der Waals surface area contributed by atoms with E-state index in [0.717, 1.165) is 0 Å². The molecule has 0 atom stereocenters. The Morgan fingerprint density at radius 3 is 2.23 bits per heavy atom. The van der Waals surface area contributed by atoms with E-state index in [0.29, 0.717) is 15.5 Å². The summed E-state index contributed by atoms with van der Waals surface area (Å²) in [5, 5.41) is 4.74. The first-order valence-corrected chi connectivity index (χ1v) is 5.03. The lowest BCUT2D eigenvalue weighted by molar-refractivity contribution is 0.352. The average Bonchev–Trinajstić information content (AvgIpc) is 2.25. The van der Waals surface area contributed by atoms with Crippen LogP contribution >= 0.6 is 27.5 Å². The number of aromatic nitrogens is 2. The molecule has 0 fully saturated rings. The fourth-order valence-corrected chi connectivity index (χ4v) is 2.05. The van der Waals surface area contributed by atoms with Crippen molar-refractivity contribution in [2.24, 2.45) is 0 Å². The molecule has 0 N–H and O–H groups in total. The second kappa shape index (κ2) is 3.50. The fraction of sp³-hybridized carbons (Fsp3) is 0.625. The van der Waals surface area contributed by atoms with Crippen LogP contribution in [0.3, 0.4) is 0 Å². The molecule has 3 nitrogen and oxygen atoms in total. The van der Waals surface area contributed by atoms with Crippen LogP contribution in [0.5, 0.6) is 5.75 Å². The van der Waals surface area contributed by atoms with Gasteiger partial charge >= 0.3 is 0 Å². The van der Waals surface area contributed by atoms with Crippen LogP contribution in [0.1, 0.15) is 20.8 Å². The van der Waals surface area contributed by atoms with Crippen molar-refractivity contribution in [3.63, 3.8) is 0 Å². The van der Waals surface area contributed by atoms with Gasteiger partial charge in [0.25, 0.3) is 0 Å². The summed E-state index contributed by atoms with van der Waals surface area (Å²) >= 11 is 9.34. The van der Waals surface area contributed by atoms with E-state index in [2.05, 4.69) is 21.0 Å². The zero-order chi connectivity index (χ0) is 10.2. The van der Waals surface area contributed by atoms with Crippen molar-refractivity contribution < 1.29 is 4.74 Å². The Kier molecular flexibility index (Phi) is 2.92. The molecule has 13 heavy (non-hydrogen) atoms. The number of halogens is 2. The molecular weight excluding hydrogens is 255 g/mol. The van der Waals surface area contributed by atoms with Crippen LogP contribution in [0.25, 0.3) is 0 Å². The molecule has 1 aromatic heterocycles. The highest BCUT2D eigenvalue weighted by molar-refractivity contribution is 9.10. The van der Waals surface area contributed by atoms with Gasteiger partial charge < -0.3 is 4.74 Å². The van der Waals surface area contributed by atoms with Gasteiger partial charge in [0, 0.05) is 0 Å². The molecule has 1 heterocycles. The fourth-order valence-electron chi connectivity index (χ4n) is 0.971. The van der Waals surface area contributed by atoms with Gasteiger partial charge in [-0.3, -0.25) is 0 Å². The first kappa shape index (κ1) is 10.9. The van der Waals surface area contributed by atoms with Gasteiger partial charge in [-0.1, -0.05) is 11.6 Å². The van der Waals surface area contributed by atoms with Gasteiger partial charge in [-0.25, -0.2) is 4.68 Å². The Bertz CT molecular complexity index is 317. The van der Waals surface area contributed by atoms with Gasteiger partial charge in [0.1, 0.15) is 0 Å². The first-order chi connectivity index (χ1) is 5.88. The predicted octanol–water partition coefficient (Wildman–Crippen LogP) is 3.06. The van der Waals surface area contributed by atoms with Crippen molar-refractivity contribution in [1.82, 2.24) is 9.78 Å². The molecule has 0 amide bonds. The Morgan fingerprint density at radius 2 is 2.00 bits per heavy atom. The molecular formula is C8H12BrClN2O. The van der Waals surface area contributed by atoms with E-state index in [-0.39, 0.29) is 5.54 Å². The molecule has 0 saturated carbocycles. The third-order valence-electron chi connectivity index (χ3n) is 1.59. The third-order valence-corrected chi connectivity index (χ3v) is 2.44. The van der Waals surface area contributed by atoms with Crippen LogP contribution in [0, 0.1) is 0 Å². The van der Waals surface area contributed by atoms with E-state index in [1.807, 2.05) is 20.8 Å². The molecule has 5 heteroatoms. The normalized spacial score (nSPS) is 11.8. The summed E-state index contributed by atoms with van der Waals surface area (Å²) < 4.78 is 7.44. The van der Waals surface area contributed by atoms with Gasteiger partial charge in [-0.05, 0) is 36.7 Å². The zero-order valence-corrected chi connectivity index (χ0v) is 10.4. The zero-order valence-electron chi connectivity index (χ0n) is 8.06. The van der Waals surface area contributed by atoms with Crippen LogP contribution in [-0.2, 0) is 5.54 Å². The lowest BCUT2D eigenvalue weighted by Crippen LogP contribution is -2.23. The van der Waals surface area contributed by atoms with Crippen LogP contribution in [-0.4, -0.2) is 16.9 Å². The van der Waals surface area contributed by atoms with Gasteiger partial charge in [0.15, 0.2) is 15.5 Å². The van der Waals surface area contributed by atoms with Crippen molar-refractivity contribution in [2.75, 3.05) is 7.11 Å². The Labute approximate surface area is 91.1 Å². The molecule has 0 aliphatic carbocycles. The number of hydrogen-bond donors (Lipinski definition) is 0. The quantitative estimate of drug-likeness (QED) is 0.782. The third kappa shape index (κ3) is 1.99. The molecule has 1 rings (SSSR count). The van der Waals surface area contributed by atoms with Crippen LogP contribution in [0.2, 0.25) is 5.15 Å². The second-order valence-corrected chi connectivity index (χ2v) is 4.81. The highest BCUT2D eigenvalue weighted by Gasteiger charge is 2.23. The lowest BCUT2D eigenvalue weighted by atomic mass is 10.1. The van der Waals surface area contributed by atoms with E-state index in [1.165, 1.54) is 0 Å². The Morgan fingerprint density at radius 1 is 1.46 bits per heavy atom. The van der Waals surface area contributed by atoms with E-state index in [4.69, 9.17) is 16.3 Å². The lowest BCUT2D eigenvalue weighted by Gasteiger charge is -2.19. The molecule has 0 aromatic carbocycles. The van der Waals surface area contributed by atoms with E-state index in [9.17, 15) is 0 Å². The number of methoxy groups -OCH3 is 1. The standard InChI is InChI=1S/C8H12BrClN2O/c1-8(2,3)12-7(10)5(13-4)6(9)11-12/h1-4H3. The number of nitrogens with zero attached hydrogens (tertiary/aromatic N) is 2. The van der Waals surface area contributed by atoms with Crippen LogP contribution < -0.4 is 4.74 Å². The SMILES string of the molecule is COc1c(Br)nn(C(C)(C)C)c1Cl. The predicted molar refractivity (Wildman–Crippen MR) is 56.5 cm³/mol. The second-order valence-electron chi connectivity index (χ2n) is 3.70. The van der Waals surface area contributed by atoms with Crippen molar-refractivity contribution >= 4 is 27.5 Å². The molecule has 0 radical (unpaired) electrons. The van der Waals surface area contributed by atoms with Gasteiger partial charge in [0.2, 0.25) is 0 Å². The maximum absolute atomic E-state index is 6.06. The summed E-state index contributed by atoms with van der Waals surface area (Å²) in [5.74, 6) is 0.580. The van der Waals surface area contributed by atoms with E-state index < -0.39 is 0 Å². The largest absolute Gasteiger partial charge is 0.491 e. The summed E-state index contributed by atoms with van der Waals surface area (Å²) in [6, 6.07) is 0. The molecule has 0 unspecified atom stereocenters. The van der Waals surface area contributed by atoms with Crippen LogP contribution in [0.15, 0.2) is 4.60 Å². The van der Waals surface area contributed by atoms with Crippen molar-refractivity contribution in [2.45, 2.75) is 26.3 Å². The molecule has 0 aliphatic heterocycles. The highest BCUT2D eigenvalue weighted by atomic mass is 79.9. The summed E-state index contributed by atoms with van der Waals surface area (Å²) in [6.45, 7) is 6.08. The monoisotopic (exact) mass is 266 g/mol. The smallest absolute Gasteiger partial charge is 0.190 e. The summed E-state index contributed by atoms with van der Waals surface area (Å²) in [5.41, 5.74) is -0.142. The molecule has 74 valence electrons. The topological polar surface area (TPSA) is 27.1 Å². The van der Waals surface area contributed by atoms with Gasteiger partial charge in [0.05, 0.1) is 12.6 Å². The molecule has 0 spiro atoms. The van der Waals surface area contributed by atoms with Gasteiger partial charge in [-0.15, -0.1) is 0 Å². The number of hydrogen-bond acceptors (Lipinski definition) is 2.